The third-order valence-corrected chi connectivity index (χ3v) is 8.88. The monoisotopic (exact) mass is 424 g/mol. The lowest BCUT2D eigenvalue weighted by Gasteiger charge is -2.39. The van der Waals surface area contributed by atoms with Crippen molar-refractivity contribution in [3.05, 3.63) is 17.5 Å². The molecule has 4 heterocycles. The van der Waals surface area contributed by atoms with Crippen molar-refractivity contribution in [2.24, 2.45) is 5.92 Å². The first kappa shape index (κ1) is 20.8. The first-order valence-corrected chi connectivity index (χ1v) is 12.4. The summed E-state index contributed by atoms with van der Waals surface area (Å²) in [6.07, 6.45) is 5.71. The number of carbonyl (C=O) groups is 1. The van der Waals surface area contributed by atoms with Crippen molar-refractivity contribution in [3.63, 3.8) is 0 Å². The number of nitrogens with one attached hydrogen (secondary N) is 1. The van der Waals surface area contributed by atoms with E-state index in [9.17, 15) is 13.2 Å². The SMILES string of the molecule is CCc1cc(C(=O)N[C@H]2C[C@H]3CC[C@@H](C2)N3S(=O)(=O)CC2CCN(C)CC2)no1. The lowest BCUT2D eigenvalue weighted by Crippen LogP contribution is -2.53. The Labute approximate surface area is 173 Å². The van der Waals surface area contributed by atoms with Gasteiger partial charge >= 0.3 is 0 Å². The fraction of sp³-hybridized carbons (Fsp3) is 0.800. The Kier molecular flexibility index (Phi) is 5.99. The van der Waals surface area contributed by atoms with E-state index >= 15 is 0 Å². The molecule has 0 aromatic carbocycles. The Bertz CT molecular complexity index is 817. The van der Waals surface area contributed by atoms with Crippen molar-refractivity contribution in [2.45, 2.75) is 70.0 Å². The number of carbonyl (C=O) groups excluding carboxylic acids is 1. The highest BCUT2D eigenvalue weighted by molar-refractivity contribution is 7.89. The third kappa shape index (κ3) is 4.51. The zero-order valence-electron chi connectivity index (χ0n) is 17.3. The minimum Gasteiger partial charge on any atom is -0.361 e. The molecule has 3 atom stereocenters. The van der Waals surface area contributed by atoms with Crippen LogP contribution in [0, 0.1) is 5.92 Å². The van der Waals surface area contributed by atoms with Crippen LogP contribution in [0.4, 0.5) is 0 Å². The molecule has 1 amide bonds. The lowest BCUT2D eigenvalue weighted by molar-refractivity contribution is 0.0900. The van der Waals surface area contributed by atoms with Crippen LogP contribution in [0.1, 0.15) is 61.7 Å². The number of rotatable bonds is 6. The number of hydrogen-bond acceptors (Lipinski definition) is 6. The van der Waals surface area contributed by atoms with Crippen LogP contribution >= 0.6 is 0 Å². The van der Waals surface area contributed by atoms with Gasteiger partial charge in [-0.15, -0.1) is 0 Å². The summed E-state index contributed by atoms with van der Waals surface area (Å²) in [4.78, 5) is 14.7. The van der Waals surface area contributed by atoms with Gasteiger partial charge in [0.2, 0.25) is 10.0 Å². The maximum Gasteiger partial charge on any atom is 0.273 e. The van der Waals surface area contributed by atoms with Gasteiger partial charge in [0.1, 0.15) is 5.76 Å². The van der Waals surface area contributed by atoms with E-state index in [1.54, 1.807) is 10.4 Å². The zero-order chi connectivity index (χ0) is 20.6. The van der Waals surface area contributed by atoms with E-state index < -0.39 is 10.0 Å². The van der Waals surface area contributed by atoms with Gasteiger partial charge in [0.25, 0.3) is 5.91 Å². The summed E-state index contributed by atoms with van der Waals surface area (Å²) in [6, 6.07) is 1.65. The van der Waals surface area contributed by atoms with Gasteiger partial charge in [-0.2, -0.15) is 4.31 Å². The van der Waals surface area contributed by atoms with E-state index in [1.807, 2.05) is 6.92 Å². The van der Waals surface area contributed by atoms with Crippen molar-refractivity contribution in [1.29, 1.82) is 0 Å². The predicted molar refractivity (Wildman–Crippen MR) is 109 cm³/mol. The Morgan fingerprint density at radius 2 is 1.86 bits per heavy atom. The van der Waals surface area contributed by atoms with Crippen LogP contribution in [0.3, 0.4) is 0 Å². The molecule has 4 rings (SSSR count). The molecule has 1 aromatic heterocycles. The van der Waals surface area contributed by atoms with E-state index in [-0.39, 0.29) is 35.7 Å². The highest BCUT2D eigenvalue weighted by atomic mass is 32.2. The van der Waals surface area contributed by atoms with Crippen LogP contribution in [0.15, 0.2) is 10.6 Å². The van der Waals surface area contributed by atoms with E-state index in [0.29, 0.717) is 30.7 Å². The van der Waals surface area contributed by atoms with Crippen molar-refractivity contribution in [3.8, 4) is 0 Å². The molecule has 0 aliphatic carbocycles. The van der Waals surface area contributed by atoms with Crippen LogP contribution in [0.2, 0.25) is 0 Å². The molecule has 3 aliphatic heterocycles. The molecule has 3 fully saturated rings. The van der Waals surface area contributed by atoms with Gasteiger partial charge in [0.05, 0.1) is 5.75 Å². The number of aryl methyl sites for hydroxylation is 1. The van der Waals surface area contributed by atoms with E-state index in [4.69, 9.17) is 4.52 Å². The largest absolute Gasteiger partial charge is 0.361 e. The maximum atomic E-state index is 13.2. The summed E-state index contributed by atoms with van der Waals surface area (Å²) in [6.45, 7) is 3.90. The molecule has 0 spiro atoms. The van der Waals surface area contributed by atoms with Gasteiger partial charge in [-0.25, -0.2) is 8.42 Å². The summed E-state index contributed by atoms with van der Waals surface area (Å²) in [5.74, 6) is 0.974. The second-order valence-electron chi connectivity index (χ2n) is 8.91. The molecule has 0 radical (unpaired) electrons. The van der Waals surface area contributed by atoms with Gasteiger partial charge in [-0.1, -0.05) is 12.1 Å². The number of fused-ring (bicyclic) bond motifs is 2. The molecule has 3 aliphatic rings. The van der Waals surface area contributed by atoms with Gasteiger partial charge < -0.3 is 14.7 Å². The summed E-state index contributed by atoms with van der Waals surface area (Å²) in [7, 11) is -1.18. The van der Waals surface area contributed by atoms with E-state index in [0.717, 1.165) is 38.8 Å². The summed E-state index contributed by atoms with van der Waals surface area (Å²) in [5.41, 5.74) is 0.298. The minimum absolute atomic E-state index is 0.00109. The highest BCUT2D eigenvalue weighted by Gasteiger charge is 2.47. The number of likely N-dealkylation sites (tertiary alicyclic amines) is 1. The quantitative estimate of drug-likeness (QED) is 0.746. The first-order chi connectivity index (χ1) is 13.9. The topological polar surface area (TPSA) is 95.8 Å². The van der Waals surface area contributed by atoms with Crippen LogP contribution in [0.25, 0.3) is 0 Å². The number of nitrogens with zero attached hydrogens (tertiary/aromatic N) is 3. The van der Waals surface area contributed by atoms with Crippen LogP contribution in [-0.2, 0) is 16.4 Å². The van der Waals surface area contributed by atoms with Crippen LogP contribution in [-0.4, -0.2) is 72.7 Å². The molecule has 9 heteroatoms. The minimum atomic E-state index is -3.27. The number of amides is 1. The normalized spacial score (nSPS) is 29.2. The Balaban J connectivity index is 1.36. The molecular formula is C20H32N4O4S. The molecule has 0 saturated carbocycles. The van der Waals surface area contributed by atoms with Gasteiger partial charge in [-0.05, 0) is 64.6 Å². The van der Waals surface area contributed by atoms with Crippen LogP contribution < -0.4 is 5.32 Å². The molecule has 0 unspecified atom stereocenters. The fourth-order valence-corrected chi connectivity index (χ4v) is 7.56. The van der Waals surface area contributed by atoms with E-state index in [1.165, 1.54) is 0 Å². The molecule has 3 saturated heterocycles. The second-order valence-corrected chi connectivity index (χ2v) is 10.8. The van der Waals surface area contributed by atoms with Gasteiger partial charge in [0, 0.05) is 30.6 Å². The molecule has 2 bridgehead atoms. The third-order valence-electron chi connectivity index (χ3n) is 6.75. The average Bonchev–Trinajstić information content (AvgIpc) is 3.27. The number of sulfonamides is 1. The first-order valence-electron chi connectivity index (χ1n) is 10.8. The molecule has 162 valence electrons. The Morgan fingerprint density at radius 3 is 2.45 bits per heavy atom. The number of hydrogen-bond donors (Lipinski definition) is 1. The van der Waals surface area contributed by atoms with Crippen molar-refractivity contribution in [2.75, 3.05) is 25.9 Å². The number of piperidine rings is 2. The predicted octanol–water partition coefficient (Wildman–Crippen LogP) is 1.63. The highest BCUT2D eigenvalue weighted by Crippen LogP contribution is 2.39. The molecule has 8 nitrogen and oxygen atoms in total. The van der Waals surface area contributed by atoms with Crippen molar-refractivity contribution >= 4 is 15.9 Å². The molecule has 1 aromatic rings. The van der Waals surface area contributed by atoms with Crippen LogP contribution in [0.5, 0.6) is 0 Å². The standard InChI is InChI=1S/C20H32N4O4S/c1-3-18-12-19(22-28-18)20(25)21-15-10-16-4-5-17(11-15)24(16)29(26,27)13-14-6-8-23(2)9-7-14/h12,14-17H,3-11,13H2,1-2H3,(H,21,25)/t15-,16+,17-. The average molecular weight is 425 g/mol. The fourth-order valence-electron chi connectivity index (χ4n) is 5.16. The Morgan fingerprint density at radius 1 is 1.21 bits per heavy atom. The maximum absolute atomic E-state index is 13.2. The smallest absolute Gasteiger partial charge is 0.273 e. The van der Waals surface area contributed by atoms with Gasteiger partial charge in [-0.3, -0.25) is 4.79 Å². The number of aromatic nitrogens is 1. The summed E-state index contributed by atoms with van der Waals surface area (Å²) in [5, 5.41) is 6.88. The second kappa shape index (κ2) is 8.35. The van der Waals surface area contributed by atoms with Crippen molar-refractivity contribution < 1.29 is 17.7 Å². The van der Waals surface area contributed by atoms with Crippen molar-refractivity contribution in [1.82, 2.24) is 19.7 Å². The van der Waals surface area contributed by atoms with E-state index in [2.05, 4.69) is 22.4 Å². The van der Waals surface area contributed by atoms with Gasteiger partial charge in [0.15, 0.2) is 5.69 Å². The Hall–Kier alpha value is -1.45. The summed E-state index contributed by atoms with van der Waals surface area (Å²) < 4.78 is 33.3. The lowest BCUT2D eigenvalue weighted by atomic mass is 9.99. The molecule has 1 N–H and O–H groups in total. The zero-order valence-corrected chi connectivity index (χ0v) is 18.2. The molecular weight excluding hydrogens is 392 g/mol. The summed E-state index contributed by atoms with van der Waals surface area (Å²) >= 11 is 0. The molecule has 29 heavy (non-hydrogen) atoms.